The van der Waals surface area contributed by atoms with Crippen LogP contribution in [0, 0.1) is 5.82 Å². The van der Waals surface area contributed by atoms with E-state index in [1.54, 1.807) is 0 Å². The predicted molar refractivity (Wildman–Crippen MR) is 46.4 cm³/mol. The summed E-state index contributed by atoms with van der Waals surface area (Å²) in [7, 11) is 0. The van der Waals surface area contributed by atoms with Crippen LogP contribution >= 0.6 is 11.6 Å². The van der Waals surface area contributed by atoms with Crippen LogP contribution in [0.25, 0.3) is 0 Å². The molecule has 0 amide bonds. The molecule has 1 rings (SSSR count). The van der Waals surface area contributed by atoms with Crippen LogP contribution in [0.5, 0.6) is 0 Å². The van der Waals surface area contributed by atoms with E-state index in [-0.39, 0.29) is 17.0 Å². The van der Waals surface area contributed by atoms with Crippen molar-refractivity contribution in [2.75, 3.05) is 0 Å². The average Bonchev–Trinajstić information content (AvgIpc) is 2.04. The molecule has 0 unspecified atom stereocenters. The molecule has 0 aliphatic rings. The Labute approximate surface area is 79.3 Å². The number of carbonyl (C=O) groups is 2. The number of aldehydes is 1. The molecule has 1 aromatic rings. The van der Waals surface area contributed by atoms with Crippen molar-refractivity contribution in [3.05, 3.63) is 34.6 Å². The summed E-state index contributed by atoms with van der Waals surface area (Å²) < 4.78 is 12.5. The van der Waals surface area contributed by atoms with Crippen molar-refractivity contribution in [2.24, 2.45) is 0 Å². The summed E-state index contributed by atoms with van der Waals surface area (Å²) in [4.78, 5) is 21.2. The zero-order valence-corrected chi connectivity index (χ0v) is 7.34. The molecule has 4 heteroatoms. The second kappa shape index (κ2) is 4.14. The van der Waals surface area contributed by atoms with Gasteiger partial charge in [0.2, 0.25) is 0 Å². The zero-order valence-electron chi connectivity index (χ0n) is 6.59. The van der Waals surface area contributed by atoms with E-state index < -0.39 is 11.6 Å². The first-order valence-electron chi connectivity index (χ1n) is 3.57. The fourth-order valence-corrected chi connectivity index (χ4v) is 1.17. The zero-order chi connectivity index (χ0) is 9.84. The van der Waals surface area contributed by atoms with E-state index in [0.717, 1.165) is 12.1 Å². The minimum Gasteiger partial charge on any atom is -0.303 e. The highest BCUT2D eigenvalue weighted by Crippen LogP contribution is 2.18. The van der Waals surface area contributed by atoms with E-state index >= 15 is 0 Å². The summed E-state index contributed by atoms with van der Waals surface area (Å²) in [6.45, 7) is 0. The van der Waals surface area contributed by atoms with Gasteiger partial charge in [-0.2, -0.15) is 0 Å². The second-order valence-corrected chi connectivity index (χ2v) is 2.83. The first-order valence-corrected chi connectivity index (χ1v) is 3.95. The van der Waals surface area contributed by atoms with Gasteiger partial charge in [0, 0.05) is 5.56 Å². The van der Waals surface area contributed by atoms with Crippen LogP contribution in [0.1, 0.15) is 16.8 Å². The molecular formula is C9H6ClFO2. The monoisotopic (exact) mass is 200 g/mol. The molecule has 1 aromatic carbocycles. The molecule has 0 saturated carbocycles. The van der Waals surface area contributed by atoms with Crippen molar-refractivity contribution in [3.8, 4) is 0 Å². The SMILES string of the molecule is O=CCC(=O)c1ccc(F)cc1Cl. The molecule has 0 heterocycles. The predicted octanol–water partition coefficient (Wildman–Crippen LogP) is 2.25. The lowest BCUT2D eigenvalue weighted by atomic mass is 10.1. The van der Waals surface area contributed by atoms with E-state index in [1.807, 2.05) is 0 Å². The number of halogens is 2. The second-order valence-electron chi connectivity index (χ2n) is 2.42. The number of carbonyl (C=O) groups excluding carboxylic acids is 2. The number of hydrogen-bond acceptors (Lipinski definition) is 2. The summed E-state index contributed by atoms with van der Waals surface area (Å²) in [5.74, 6) is -0.910. The fourth-order valence-electron chi connectivity index (χ4n) is 0.901. The molecule has 0 aliphatic carbocycles. The van der Waals surface area contributed by atoms with Crippen LogP contribution in [0.15, 0.2) is 18.2 Å². The van der Waals surface area contributed by atoms with E-state index in [0.29, 0.717) is 6.29 Å². The third-order valence-electron chi connectivity index (χ3n) is 1.50. The minimum atomic E-state index is -0.507. The third kappa shape index (κ3) is 2.36. The Hall–Kier alpha value is -1.22. The number of ketones is 1. The Bertz CT molecular complexity index is 349. The molecular weight excluding hydrogens is 195 g/mol. The molecule has 13 heavy (non-hydrogen) atoms. The van der Waals surface area contributed by atoms with Crippen molar-refractivity contribution < 1.29 is 14.0 Å². The number of benzene rings is 1. The molecule has 0 bridgehead atoms. The molecule has 2 nitrogen and oxygen atoms in total. The average molecular weight is 201 g/mol. The van der Waals surface area contributed by atoms with Gasteiger partial charge in [-0.15, -0.1) is 0 Å². The first kappa shape index (κ1) is 9.86. The maximum absolute atomic E-state index is 12.5. The van der Waals surface area contributed by atoms with Crippen LogP contribution in [0.2, 0.25) is 5.02 Å². The van der Waals surface area contributed by atoms with Gasteiger partial charge in [-0.25, -0.2) is 4.39 Å². The highest BCUT2D eigenvalue weighted by atomic mass is 35.5. The van der Waals surface area contributed by atoms with Gasteiger partial charge in [-0.05, 0) is 18.2 Å². The maximum atomic E-state index is 12.5. The van der Waals surface area contributed by atoms with Crippen LogP contribution in [0.3, 0.4) is 0 Å². The van der Waals surface area contributed by atoms with Gasteiger partial charge in [0.1, 0.15) is 12.1 Å². The van der Waals surface area contributed by atoms with Gasteiger partial charge in [0.25, 0.3) is 0 Å². The number of hydrogen-bond donors (Lipinski definition) is 0. The summed E-state index contributed by atoms with van der Waals surface area (Å²) in [6.07, 6.45) is 0.257. The van der Waals surface area contributed by atoms with E-state index in [4.69, 9.17) is 11.6 Å². The summed E-state index contributed by atoms with van der Waals surface area (Å²) in [5, 5.41) is 0.0341. The molecule has 0 spiro atoms. The van der Waals surface area contributed by atoms with E-state index in [2.05, 4.69) is 0 Å². The molecule has 0 fully saturated rings. The standard InChI is InChI=1S/C9H6ClFO2/c10-8-5-6(11)1-2-7(8)9(13)3-4-12/h1-2,4-5H,3H2. The fraction of sp³-hybridized carbons (Fsp3) is 0.111. The van der Waals surface area contributed by atoms with Gasteiger partial charge in [-0.3, -0.25) is 4.79 Å². The normalized spacial score (nSPS) is 9.69. The summed E-state index contributed by atoms with van der Waals surface area (Å²) >= 11 is 5.58. The van der Waals surface area contributed by atoms with Crippen molar-refractivity contribution in [1.29, 1.82) is 0 Å². The van der Waals surface area contributed by atoms with E-state index in [9.17, 15) is 14.0 Å². The van der Waals surface area contributed by atoms with Gasteiger partial charge < -0.3 is 4.79 Å². The Morgan fingerprint density at radius 1 is 1.54 bits per heavy atom. The van der Waals surface area contributed by atoms with Gasteiger partial charge in [0.15, 0.2) is 5.78 Å². The summed E-state index contributed by atoms with van der Waals surface area (Å²) in [5.41, 5.74) is 0.176. The van der Waals surface area contributed by atoms with Gasteiger partial charge in [0.05, 0.1) is 11.4 Å². The number of rotatable bonds is 3. The third-order valence-corrected chi connectivity index (χ3v) is 1.81. The quantitative estimate of drug-likeness (QED) is 0.426. The van der Waals surface area contributed by atoms with Crippen LogP contribution in [-0.2, 0) is 4.79 Å². The molecule has 0 saturated heterocycles. The molecule has 68 valence electrons. The molecule has 0 aromatic heterocycles. The molecule has 0 radical (unpaired) electrons. The van der Waals surface area contributed by atoms with Crippen LogP contribution < -0.4 is 0 Å². The smallest absolute Gasteiger partial charge is 0.171 e. The van der Waals surface area contributed by atoms with Crippen molar-refractivity contribution >= 4 is 23.7 Å². The van der Waals surface area contributed by atoms with E-state index in [1.165, 1.54) is 6.07 Å². The lowest BCUT2D eigenvalue weighted by Crippen LogP contribution is -2.00. The van der Waals surface area contributed by atoms with Crippen LogP contribution in [-0.4, -0.2) is 12.1 Å². The van der Waals surface area contributed by atoms with Gasteiger partial charge >= 0.3 is 0 Å². The lowest BCUT2D eigenvalue weighted by Gasteiger charge is -1.99. The Morgan fingerprint density at radius 3 is 2.77 bits per heavy atom. The Balaban J connectivity index is 3.01. The molecule has 0 atom stereocenters. The molecule has 0 N–H and O–H groups in total. The van der Waals surface area contributed by atoms with Crippen molar-refractivity contribution in [1.82, 2.24) is 0 Å². The Kier molecular flexibility index (Phi) is 3.14. The first-order chi connectivity index (χ1) is 6.15. The van der Waals surface area contributed by atoms with Crippen molar-refractivity contribution in [2.45, 2.75) is 6.42 Å². The van der Waals surface area contributed by atoms with Crippen molar-refractivity contribution in [3.63, 3.8) is 0 Å². The number of Topliss-reactive ketones (excluding diaryl/α,β-unsaturated/α-hetero) is 1. The highest BCUT2D eigenvalue weighted by molar-refractivity contribution is 6.34. The largest absolute Gasteiger partial charge is 0.303 e. The Morgan fingerprint density at radius 2 is 2.23 bits per heavy atom. The minimum absolute atomic E-state index is 0.0341. The topological polar surface area (TPSA) is 34.1 Å². The molecule has 0 aliphatic heterocycles. The van der Waals surface area contributed by atoms with Gasteiger partial charge in [-0.1, -0.05) is 11.6 Å². The summed E-state index contributed by atoms with van der Waals surface area (Å²) in [6, 6.07) is 3.44. The van der Waals surface area contributed by atoms with Crippen LogP contribution in [0.4, 0.5) is 4.39 Å². The maximum Gasteiger partial charge on any atom is 0.171 e. The highest BCUT2D eigenvalue weighted by Gasteiger charge is 2.09. The lowest BCUT2D eigenvalue weighted by molar-refractivity contribution is -0.107.